The minimum atomic E-state index is -3.28. The first-order valence-electron chi connectivity index (χ1n) is 6.51. The number of anilines is 1. The molecule has 0 spiro atoms. The Morgan fingerprint density at radius 2 is 2.05 bits per heavy atom. The summed E-state index contributed by atoms with van der Waals surface area (Å²) in [4.78, 5) is 12.1. The van der Waals surface area contributed by atoms with E-state index in [1.165, 1.54) is 22.7 Å². The topological polar surface area (TPSA) is 75.3 Å². The van der Waals surface area contributed by atoms with E-state index >= 15 is 0 Å². The summed E-state index contributed by atoms with van der Waals surface area (Å²) >= 11 is 8.47. The lowest BCUT2D eigenvalue weighted by atomic mass is 10.1. The maximum atomic E-state index is 12.3. The number of carbonyl (C=O) groups is 1. The summed E-state index contributed by atoms with van der Waals surface area (Å²) in [5, 5.41) is 8.51. The highest BCUT2D eigenvalue weighted by Gasteiger charge is 2.37. The number of urea groups is 1. The van der Waals surface area contributed by atoms with E-state index in [9.17, 15) is 13.2 Å². The first-order valence-corrected chi connectivity index (χ1v) is 10.2. The van der Waals surface area contributed by atoms with Gasteiger partial charge in [0, 0.05) is 5.56 Å². The highest BCUT2D eigenvalue weighted by Crippen LogP contribution is 2.39. The Kier molecular flexibility index (Phi) is 4.19. The fourth-order valence-electron chi connectivity index (χ4n) is 2.40. The van der Waals surface area contributed by atoms with Crippen LogP contribution in [-0.2, 0) is 9.84 Å². The zero-order valence-electron chi connectivity index (χ0n) is 11.5. The average molecular weight is 377 g/mol. The average Bonchev–Trinajstić information content (AvgIpc) is 3.07. The molecule has 0 bridgehead atoms. The van der Waals surface area contributed by atoms with Gasteiger partial charge in [0.25, 0.3) is 0 Å². The van der Waals surface area contributed by atoms with Gasteiger partial charge in [0.15, 0.2) is 9.84 Å². The zero-order valence-corrected chi connectivity index (χ0v) is 14.7. The number of carbonyl (C=O) groups excluding carboxylic acids is 1. The molecule has 1 aliphatic rings. The Morgan fingerprint density at radius 1 is 1.32 bits per heavy atom. The van der Waals surface area contributed by atoms with E-state index in [4.69, 9.17) is 11.6 Å². The van der Waals surface area contributed by atoms with Crippen LogP contribution in [-0.4, -0.2) is 19.7 Å². The molecule has 2 aromatic heterocycles. The summed E-state index contributed by atoms with van der Waals surface area (Å²) in [6, 6.07) is 2.76. The van der Waals surface area contributed by atoms with Crippen LogP contribution in [0.1, 0.15) is 24.9 Å². The molecule has 9 heteroatoms. The lowest BCUT2D eigenvalue weighted by molar-refractivity contribution is 0.247. The molecule has 0 fully saturated rings. The number of thiophene rings is 2. The molecule has 3 heterocycles. The van der Waals surface area contributed by atoms with Gasteiger partial charge in [0.1, 0.15) is 8.55 Å². The van der Waals surface area contributed by atoms with Gasteiger partial charge in [-0.1, -0.05) is 11.6 Å². The molecule has 2 aromatic rings. The van der Waals surface area contributed by atoms with E-state index in [-0.39, 0.29) is 6.04 Å². The van der Waals surface area contributed by atoms with Gasteiger partial charge >= 0.3 is 6.03 Å². The van der Waals surface area contributed by atoms with Crippen LogP contribution in [0.25, 0.3) is 0 Å². The van der Waals surface area contributed by atoms with E-state index in [0.717, 1.165) is 0 Å². The number of rotatable bonds is 2. The number of halogens is 1. The number of sulfone groups is 1. The number of hydrogen-bond acceptors (Lipinski definition) is 5. The van der Waals surface area contributed by atoms with Crippen molar-refractivity contribution in [3.63, 3.8) is 0 Å². The first-order chi connectivity index (χ1) is 10.4. The van der Waals surface area contributed by atoms with Crippen molar-refractivity contribution in [2.45, 2.75) is 28.8 Å². The largest absolute Gasteiger partial charge is 0.331 e. The molecule has 2 N–H and O–H groups in total. The number of nitrogens with one attached hydrogen (secondary N) is 2. The molecule has 2 amide bonds. The lowest BCUT2D eigenvalue weighted by Gasteiger charge is -2.27. The molecule has 2 atom stereocenters. The van der Waals surface area contributed by atoms with Crippen LogP contribution in [0.4, 0.5) is 10.5 Å². The summed E-state index contributed by atoms with van der Waals surface area (Å²) in [5.41, 5.74) is 1.21. The fourth-order valence-corrected chi connectivity index (χ4v) is 6.46. The third-order valence-corrected chi connectivity index (χ3v) is 8.44. The van der Waals surface area contributed by atoms with Gasteiger partial charge in [0.2, 0.25) is 0 Å². The predicted octanol–water partition coefficient (Wildman–Crippen LogP) is 3.89. The smallest absolute Gasteiger partial charge is 0.319 e. The van der Waals surface area contributed by atoms with Crippen molar-refractivity contribution in [2.75, 3.05) is 5.32 Å². The minimum Gasteiger partial charge on any atom is -0.331 e. The van der Waals surface area contributed by atoms with Gasteiger partial charge < -0.3 is 10.6 Å². The Bertz CT molecular complexity index is 812. The normalized spacial score (nSPS) is 22.8. The second-order valence-corrected chi connectivity index (χ2v) is 10.0. The van der Waals surface area contributed by atoms with Gasteiger partial charge in [-0.2, -0.15) is 0 Å². The van der Waals surface area contributed by atoms with Crippen molar-refractivity contribution in [2.24, 2.45) is 0 Å². The molecule has 0 aromatic carbocycles. The van der Waals surface area contributed by atoms with E-state index < -0.39 is 21.1 Å². The van der Waals surface area contributed by atoms with Crippen LogP contribution >= 0.6 is 34.3 Å². The molecule has 0 radical (unpaired) electrons. The fraction of sp³-hybridized carbons (Fsp3) is 0.308. The quantitative estimate of drug-likeness (QED) is 0.834. The van der Waals surface area contributed by atoms with Crippen molar-refractivity contribution in [1.82, 2.24) is 5.32 Å². The number of hydrogen-bond donors (Lipinski definition) is 2. The molecular formula is C13H13ClN2O3S3. The van der Waals surface area contributed by atoms with Gasteiger partial charge in [0.05, 0.1) is 17.0 Å². The zero-order chi connectivity index (χ0) is 15.9. The maximum Gasteiger partial charge on any atom is 0.319 e. The van der Waals surface area contributed by atoms with Crippen LogP contribution < -0.4 is 10.6 Å². The molecule has 3 rings (SSSR count). The van der Waals surface area contributed by atoms with E-state index in [0.29, 0.717) is 26.2 Å². The van der Waals surface area contributed by atoms with Crippen LogP contribution in [0.5, 0.6) is 0 Å². The molecule has 118 valence electrons. The van der Waals surface area contributed by atoms with Crippen molar-refractivity contribution in [1.29, 1.82) is 0 Å². The maximum absolute atomic E-state index is 12.3. The highest BCUT2D eigenvalue weighted by atomic mass is 35.5. The monoisotopic (exact) mass is 376 g/mol. The SMILES string of the molecule is C[C@H]1C[C@H](NC(=O)Nc2ccsc2Cl)c2ccsc2S1(=O)=O. The van der Waals surface area contributed by atoms with E-state index in [1.54, 1.807) is 29.8 Å². The highest BCUT2D eigenvalue weighted by molar-refractivity contribution is 7.94. The van der Waals surface area contributed by atoms with Crippen LogP contribution in [0.3, 0.4) is 0 Å². The third kappa shape index (κ3) is 2.76. The van der Waals surface area contributed by atoms with Gasteiger partial charge in [-0.3, -0.25) is 0 Å². The van der Waals surface area contributed by atoms with Crippen molar-refractivity contribution in [3.8, 4) is 0 Å². The van der Waals surface area contributed by atoms with Gasteiger partial charge in [-0.05, 0) is 36.2 Å². The van der Waals surface area contributed by atoms with Crippen molar-refractivity contribution < 1.29 is 13.2 Å². The van der Waals surface area contributed by atoms with Gasteiger partial charge in [-0.25, -0.2) is 13.2 Å². The predicted molar refractivity (Wildman–Crippen MR) is 89.8 cm³/mol. The minimum absolute atomic E-state index is 0.322. The Morgan fingerprint density at radius 3 is 2.73 bits per heavy atom. The standard InChI is InChI=1S/C13H13ClN2O3S3/c1-7-6-10(8-2-4-21-12(8)22(7,18)19)16-13(17)15-9-3-5-20-11(9)14/h2-5,7,10H,6H2,1H3,(H2,15,16,17)/t7-,10-/m0/s1. The first kappa shape index (κ1) is 15.8. The second-order valence-electron chi connectivity index (χ2n) is 5.01. The van der Waals surface area contributed by atoms with Gasteiger partial charge in [-0.15, -0.1) is 22.7 Å². The van der Waals surface area contributed by atoms with Crippen molar-refractivity contribution in [3.05, 3.63) is 32.8 Å². The summed E-state index contributed by atoms with van der Waals surface area (Å²) in [6.45, 7) is 1.67. The molecule has 1 aliphatic heterocycles. The van der Waals surface area contributed by atoms with Crippen LogP contribution in [0, 0.1) is 0 Å². The summed E-state index contributed by atoms with van der Waals surface area (Å²) in [6.07, 6.45) is 0.358. The lowest BCUT2D eigenvalue weighted by Crippen LogP contribution is -2.38. The third-order valence-electron chi connectivity index (χ3n) is 3.56. The molecular weight excluding hydrogens is 364 g/mol. The van der Waals surface area contributed by atoms with Crippen LogP contribution in [0.15, 0.2) is 27.1 Å². The molecule has 5 nitrogen and oxygen atoms in total. The molecule has 0 saturated carbocycles. The Labute approximate surface area is 141 Å². The summed E-state index contributed by atoms with van der Waals surface area (Å²) in [5.74, 6) is 0. The van der Waals surface area contributed by atoms with E-state index in [2.05, 4.69) is 10.6 Å². The number of amides is 2. The summed E-state index contributed by atoms with van der Waals surface area (Å²) < 4.78 is 25.4. The van der Waals surface area contributed by atoms with Crippen LogP contribution in [0.2, 0.25) is 4.34 Å². The molecule has 0 aliphatic carbocycles. The molecule has 22 heavy (non-hydrogen) atoms. The summed E-state index contributed by atoms with van der Waals surface area (Å²) in [7, 11) is -3.28. The van der Waals surface area contributed by atoms with E-state index in [1.807, 2.05) is 0 Å². The second kappa shape index (κ2) is 5.84. The Balaban J connectivity index is 1.79. The molecule has 0 saturated heterocycles. The number of fused-ring (bicyclic) bond motifs is 1. The molecule has 0 unspecified atom stereocenters. The van der Waals surface area contributed by atoms with Crippen molar-refractivity contribution >= 4 is 55.8 Å². The Hall–Kier alpha value is -1.09.